The molecule has 0 saturated heterocycles. The first-order valence-electron chi connectivity index (χ1n) is 8.84. The zero-order valence-electron chi connectivity index (χ0n) is 15.8. The van der Waals surface area contributed by atoms with Gasteiger partial charge in [0.05, 0.1) is 6.54 Å². The minimum absolute atomic E-state index is 0.00856. The van der Waals surface area contributed by atoms with Crippen LogP contribution in [-0.4, -0.2) is 23.4 Å². The summed E-state index contributed by atoms with van der Waals surface area (Å²) in [6.07, 6.45) is -16.9. The number of pyridine rings is 1. The second-order valence-corrected chi connectivity index (χ2v) is 8.01. The van der Waals surface area contributed by atoms with Gasteiger partial charge in [0.15, 0.2) is 0 Å². The predicted molar refractivity (Wildman–Crippen MR) is 100 cm³/mol. The van der Waals surface area contributed by atoms with Gasteiger partial charge in [0.25, 0.3) is 0 Å². The number of halogens is 10. The van der Waals surface area contributed by atoms with Gasteiger partial charge in [-0.25, -0.2) is 4.98 Å². The number of rotatable bonds is 3. The lowest BCUT2D eigenvalue weighted by molar-refractivity contribution is -0.185. The van der Waals surface area contributed by atoms with Crippen LogP contribution < -0.4 is 5.73 Å². The van der Waals surface area contributed by atoms with Crippen molar-refractivity contribution in [3.8, 4) is 0 Å². The van der Waals surface area contributed by atoms with Crippen molar-refractivity contribution in [2.45, 2.75) is 36.9 Å². The van der Waals surface area contributed by atoms with E-state index in [1.807, 2.05) is 0 Å². The van der Waals surface area contributed by atoms with Crippen LogP contribution in [0.3, 0.4) is 0 Å². The molecular formula is C19H13BrF9N3. The van der Waals surface area contributed by atoms with E-state index in [2.05, 4.69) is 25.9 Å². The van der Waals surface area contributed by atoms with Crippen molar-refractivity contribution in [2.75, 3.05) is 6.54 Å². The van der Waals surface area contributed by atoms with Crippen molar-refractivity contribution < 1.29 is 39.5 Å². The monoisotopic (exact) mass is 533 g/mol. The van der Waals surface area contributed by atoms with Gasteiger partial charge in [-0.2, -0.15) is 39.5 Å². The molecule has 0 bridgehead atoms. The summed E-state index contributed by atoms with van der Waals surface area (Å²) in [6, 6.07) is 4.43. The normalized spacial score (nSPS) is 19.9. The summed E-state index contributed by atoms with van der Waals surface area (Å²) in [4.78, 5) is 6.34. The average molecular weight is 534 g/mol. The minimum Gasteiger partial charge on any atom is -0.326 e. The Bertz CT molecular complexity index is 1030. The largest absolute Gasteiger partial charge is 0.433 e. The number of benzene rings is 1. The number of aromatic nitrogens is 1. The third-order valence-electron chi connectivity index (χ3n) is 5.12. The molecule has 13 heteroatoms. The first-order chi connectivity index (χ1) is 14.6. The Morgan fingerprint density at radius 3 is 1.91 bits per heavy atom. The second kappa shape index (κ2) is 8.01. The van der Waals surface area contributed by atoms with Crippen molar-refractivity contribution in [1.29, 1.82) is 0 Å². The van der Waals surface area contributed by atoms with E-state index >= 15 is 0 Å². The topological polar surface area (TPSA) is 51.3 Å². The molecule has 0 amide bonds. The maximum atomic E-state index is 14.2. The third kappa shape index (κ3) is 4.49. The molecule has 1 aliphatic heterocycles. The summed E-state index contributed by atoms with van der Waals surface area (Å²) < 4.78 is 122. The molecule has 2 heterocycles. The van der Waals surface area contributed by atoms with Crippen LogP contribution in [0.2, 0.25) is 0 Å². The zero-order valence-corrected chi connectivity index (χ0v) is 17.3. The van der Waals surface area contributed by atoms with Crippen molar-refractivity contribution >= 4 is 21.6 Å². The number of hydrogen-bond donors (Lipinski definition) is 1. The smallest absolute Gasteiger partial charge is 0.326 e. The molecule has 2 N–H and O–H groups in total. The molecule has 1 aromatic heterocycles. The summed E-state index contributed by atoms with van der Waals surface area (Å²) in [7, 11) is 0. The van der Waals surface area contributed by atoms with Gasteiger partial charge in [-0.05, 0) is 34.9 Å². The minimum atomic E-state index is -5.38. The first-order valence-corrected chi connectivity index (χ1v) is 9.64. The van der Waals surface area contributed by atoms with E-state index < -0.39 is 53.9 Å². The lowest BCUT2D eigenvalue weighted by atomic mass is 9.76. The van der Waals surface area contributed by atoms with E-state index in [1.165, 1.54) is 18.2 Å². The fraction of sp³-hybridized carbons (Fsp3) is 0.368. The van der Waals surface area contributed by atoms with Gasteiger partial charge in [-0.1, -0.05) is 28.1 Å². The maximum absolute atomic E-state index is 14.2. The Kier molecular flexibility index (Phi) is 6.13. The van der Waals surface area contributed by atoms with E-state index in [0.717, 1.165) is 0 Å². The number of hydrogen-bond acceptors (Lipinski definition) is 3. The highest BCUT2D eigenvalue weighted by molar-refractivity contribution is 9.10. The molecule has 0 fully saturated rings. The third-order valence-corrected chi connectivity index (χ3v) is 5.85. The standard InChI is InChI=1S/C19H13BrF9N3/c20-12-3-9(1-2-10(12)7-30)13-6-16(8-31-13,19(27,28)29)11-4-14(17(21,22)23)32-15(5-11)18(24,25)26/h1-5H,6-8,30H2. The Balaban J connectivity index is 2.14. The van der Waals surface area contributed by atoms with E-state index in [-0.39, 0.29) is 30.0 Å². The summed E-state index contributed by atoms with van der Waals surface area (Å²) in [5.74, 6) is 0. The Morgan fingerprint density at radius 2 is 1.47 bits per heavy atom. The second-order valence-electron chi connectivity index (χ2n) is 7.15. The molecule has 1 atom stereocenters. The number of alkyl halides is 9. The fourth-order valence-corrected chi connectivity index (χ4v) is 3.90. The fourth-order valence-electron chi connectivity index (χ4n) is 3.36. The molecular weight excluding hydrogens is 521 g/mol. The summed E-state index contributed by atoms with van der Waals surface area (Å²) in [6.45, 7) is -0.933. The van der Waals surface area contributed by atoms with Crippen molar-refractivity contribution in [3.63, 3.8) is 0 Å². The Morgan fingerprint density at radius 1 is 0.906 bits per heavy atom. The van der Waals surface area contributed by atoms with E-state index in [4.69, 9.17) is 5.73 Å². The van der Waals surface area contributed by atoms with E-state index in [0.29, 0.717) is 10.0 Å². The van der Waals surface area contributed by atoms with Crippen LogP contribution in [0.1, 0.15) is 34.5 Å². The SMILES string of the molecule is NCc1ccc(C2=NCC(c3cc(C(F)(F)F)nc(C(F)(F)F)c3)(C(F)(F)F)C2)cc1Br. The molecule has 3 nitrogen and oxygen atoms in total. The first kappa shape index (κ1) is 24.5. The van der Waals surface area contributed by atoms with Crippen LogP contribution in [0.5, 0.6) is 0 Å². The molecule has 0 radical (unpaired) electrons. The van der Waals surface area contributed by atoms with Crippen LogP contribution >= 0.6 is 15.9 Å². The molecule has 174 valence electrons. The molecule has 3 rings (SSSR count). The van der Waals surface area contributed by atoms with Crippen molar-refractivity contribution in [1.82, 2.24) is 4.98 Å². The molecule has 0 saturated carbocycles. The highest BCUT2D eigenvalue weighted by Crippen LogP contribution is 2.49. The van der Waals surface area contributed by atoms with Gasteiger partial charge in [0, 0.05) is 23.1 Å². The Labute approximate surface area is 183 Å². The van der Waals surface area contributed by atoms with Gasteiger partial charge in [-0.15, -0.1) is 0 Å². The number of nitrogens with zero attached hydrogens (tertiary/aromatic N) is 2. The van der Waals surface area contributed by atoms with Gasteiger partial charge >= 0.3 is 18.5 Å². The van der Waals surface area contributed by atoms with Gasteiger partial charge < -0.3 is 5.73 Å². The van der Waals surface area contributed by atoms with Crippen LogP contribution in [-0.2, 0) is 24.3 Å². The maximum Gasteiger partial charge on any atom is 0.433 e. The van der Waals surface area contributed by atoms with Gasteiger partial charge in [0.2, 0.25) is 0 Å². The molecule has 0 aliphatic carbocycles. The van der Waals surface area contributed by atoms with E-state index in [9.17, 15) is 39.5 Å². The summed E-state index contributed by atoms with van der Waals surface area (Å²) >= 11 is 3.21. The zero-order chi connectivity index (χ0) is 24.1. The van der Waals surface area contributed by atoms with Crippen LogP contribution in [0.15, 0.2) is 39.8 Å². The van der Waals surface area contributed by atoms with Crippen LogP contribution in [0, 0.1) is 0 Å². The molecule has 1 aromatic carbocycles. The molecule has 2 aromatic rings. The lowest BCUT2D eigenvalue weighted by Crippen LogP contribution is -2.44. The lowest BCUT2D eigenvalue weighted by Gasteiger charge is -2.32. The Hall–Kier alpha value is -2.15. The predicted octanol–water partition coefficient (Wildman–Crippen LogP) is 6.03. The van der Waals surface area contributed by atoms with Crippen molar-refractivity contribution in [2.24, 2.45) is 10.7 Å². The molecule has 0 spiro atoms. The van der Waals surface area contributed by atoms with E-state index in [1.54, 1.807) is 0 Å². The van der Waals surface area contributed by atoms with Crippen LogP contribution in [0.25, 0.3) is 0 Å². The average Bonchev–Trinajstić information content (AvgIpc) is 3.13. The van der Waals surface area contributed by atoms with Gasteiger partial charge in [0.1, 0.15) is 16.8 Å². The molecule has 1 unspecified atom stereocenters. The molecule has 1 aliphatic rings. The number of nitrogens with two attached hydrogens (primary N) is 1. The van der Waals surface area contributed by atoms with Crippen LogP contribution in [0.4, 0.5) is 39.5 Å². The summed E-state index contributed by atoms with van der Waals surface area (Å²) in [5, 5.41) is 0. The highest BCUT2D eigenvalue weighted by atomic mass is 79.9. The molecule has 32 heavy (non-hydrogen) atoms. The quantitative estimate of drug-likeness (QED) is 0.489. The van der Waals surface area contributed by atoms with Gasteiger partial charge in [-0.3, -0.25) is 4.99 Å². The summed E-state index contributed by atoms with van der Waals surface area (Å²) in [5.41, 5.74) is -2.09. The number of aliphatic imine (C=N–C) groups is 1. The highest BCUT2D eigenvalue weighted by Gasteiger charge is 2.59. The van der Waals surface area contributed by atoms with Crippen molar-refractivity contribution in [3.05, 3.63) is 62.9 Å².